The molecule has 48 heavy (non-hydrogen) atoms. The Labute approximate surface area is 278 Å². The van der Waals surface area contributed by atoms with Gasteiger partial charge in [-0.25, -0.2) is 13.2 Å². The maximum Gasteiger partial charge on any atom is 0.254 e. The number of benzene rings is 2. The third-order valence-electron chi connectivity index (χ3n) is 9.51. The van der Waals surface area contributed by atoms with Crippen LogP contribution in [0.15, 0.2) is 36.4 Å². The predicted molar refractivity (Wildman–Crippen MR) is 173 cm³/mol. The van der Waals surface area contributed by atoms with E-state index in [0.29, 0.717) is 24.7 Å². The van der Waals surface area contributed by atoms with Gasteiger partial charge in [0.2, 0.25) is 5.91 Å². The molecule has 2 aromatic carbocycles. The Morgan fingerprint density at radius 1 is 1.00 bits per heavy atom. The first-order valence-electron chi connectivity index (χ1n) is 16.8. The highest BCUT2D eigenvalue weighted by molar-refractivity contribution is 5.95. The molecule has 256 valence electrons. The van der Waals surface area contributed by atoms with Crippen molar-refractivity contribution in [2.75, 3.05) is 32.8 Å². The molecule has 0 aliphatic carbocycles. The first-order chi connectivity index (χ1) is 23.0. The van der Waals surface area contributed by atoms with E-state index in [1.807, 2.05) is 20.8 Å². The zero-order valence-electron chi connectivity index (χ0n) is 27.6. The first kappa shape index (κ1) is 33.9. The second kappa shape index (κ2) is 14.6. The summed E-state index contributed by atoms with van der Waals surface area (Å²) in [5, 5.41) is 11.0. The lowest BCUT2D eigenvalue weighted by molar-refractivity contribution is -0.128. The van der Waals surface area contributed by atoms with Crippen molar-refractivity contribution >= 4 is 11.8 Å². The van der Waals surface area contributed by atoms with Crippen molar-refractivity contribution in [3.8, 4) is 22.8 Å². The molecule has 3 aliphatic rings. The Morgan fingerprint density at radius 2 is 1.71 bits per heavy atom. The van der Waals surface area contributed by atoms with Gasteiger partial charge >= 0.3 is 0 Å². The van der Waals surface area contributed by atoms with Crippen molar-refractivity contribution in [3.63, 3.8) is 0 Å². The standard InChI is InChI=1S/C36H42F3N5O4/c1-21(2)31-4-5-32(42-41-31)35-29(38)16-26(17-30(35)39)48-33-18-27(28(37)15-23(33)20-44-19-22(3)14-34(44)45)36(46)40-24-6-10-43(11-7-24)25-8-12-47-13-9-25/h4-5,15-18,21-22,24-25H,6-14,19-20H2,1-3H3,(H,40,46). The average molecular weight is 666 g/mol. The molecule has 1 unspecified atom stereocenters. The molecule has 0 bridgehead atoms. The van der Waals surface area contributed by atoms with E-state index < -0.39 is 23.4 Å². The smallest absolute Gasteiger partial charge is 0.254 e. The minimum absolute atomic E-state index is 0.0167. The van der Waals surface area contributed by atoms with E-state index in [4.69, 9.17) is 9.47 Å². The van der Waals surface area contributed by atoms with Crippen molar-refractivity contribution in [2.45, 2.75) is 77.4 Å². The van der Waals surface area contributed by atoms with Crippen molar-refractivity contribution < 1.29 is 32.2 Å². The molecule has 0 saturated carbocycles. The monoisotopic (exact) mass is 665 g/mol. The minimum atomic E-state index is -0.922. The molecule has 3 saturated heterocycles. The molecular weight excluding hydrogens is 623 g/mol. The number of hydrogen-bond donors (Lipinski definition) is 1. The minimum Gasteiger partial charge on any atom is -0.457 e. The second-order valence-corrected chi connectivity index (χ2v) is 13.5. The van der Waals surface area contributed by atoms with Crippen LogP contribution >= 0.6 is 0 Å². The van der Waals surface area contributed by atoms with Gasteiger partial charge in [-0.2, -0.15) is 10.2 Å². The summed E-state index contributed by atoms with van der Waals surface area (Å²) in [6.45, 7) is 9.49. The Morgan fingerprint density at radius 3 is 2.31 bits per heavy atom. The highest BCUT2D eigenvalue weighted by atomic mass is 19.1. The van der Waals surface area contributed by atoms with Gasteiger partial charge in [0.15, 0.2) is 0 Å². The Kier molecular flexibility index (Phi) is 10.3. The van der Waals surface area contributed by atoms with E-state index in [-0.39, 0.29) is 64.2 Å². The highest BCUT2D eigenvalue weighted by Crippen LogP contribution is 2.35. The van der Waals surface area contributed by atoms with Crippen LogP contribution in [0.4, 0.5) is 13.2 Å². The van der Waals surface area contributed by atoms with Crippen LogP contribution in [0.3, 0.4) is 0 Å². The van der Waals surface area contributed by atoms with Crippen molar-refractivity contribution in [1.82, 2.24) is 25.3 Å². The zero-order chi connectivity index (χ0) is 33.9. The normalized spacial score (nSPS) is 19.7. The molecule has 0 radical (unpaired) electrons. The van der Waals surface area contributed by atoms with Crippen LogP contribution in [0.2, 0.25) is 0 Å². The summed E-state index contributed by atoms with van der Waals surface area (Å²) in [4.78, 5) is 30.0. The zero-order valence-corrected chi connectivity index (χ0v) is 27.6. The number of halogens is 3. The molecule has 0 spiro atoms. The molecule has 1 atom stereocenters. The fourth-order valence-corrected chi connectivity index (χ4v) is 6.80. The largest absolute Gasteiger partial charge is 0.457 e. The summed E-state index contributed by atoms with van der Waals surface area (Å²) in [5.74, 6) is -3.25. The molecule has 3 aliphatic heterocycles. The first-order valence-corrected chi connectivity index (χ1v) is 16.8. The molecule has 1 aromatic heterocycles. The molecule has 12 heteroatoms. The fourth-order valence-electron chi connectivity index (χ4n) is 6.80. The van der Waals surface area contributed by atoms with Crippen LogP contribution in [0, 0.1) is 23.4 Å². The summed E-state index contributed by atoms with van der Waals surface area (Å²) in [6, 6.07) is 7.97. The average Bonchev–Trinajstić information content (AvgIpc) is 3.38. The van der Waals surface area contributed by atoms with Gasteiger partial charge in [0, 0.05) is 75.6 Å². The number of amides is 2. The number of piperidine rings is 1. The Balaban J connectivity index is 1.23. The lowest BCUT2D eigenvalue weighted by Crippen LogP contribution is -2.49. The molecular formula is C36H42F3N5O4. The van der Waals surface area contributed by atoms with E-state index in [1.54, 1.807) is 11.0 Å². The maximum atomic E-state index is 15.6. The lowest BCUT2D eigenvalue weighted by atomic mass is 9.99. The van der Waals surface area contributed by atoms with E-state index in [1.165, 1.54) is 18.2 Å². The number of likely N-dealkylation sites (tertiary alicyclic amines) is 2. The summed E-state index contributed by atoms with van der Waals surface area (Å²) in [6.07, 6.45) is 3.82. The summed E-state index contributed by atoms with van der Waals surface area (Å²) in [7, 11) is 0. The maximum absolute atomic E-state index is 15.6. The predicted octanol–water partition coefficient (Wildman–Crippen LogP) is 6.22. The van der Waals surface area contributed by atoms with Gasteiger partial charge in [0.1, 0.15) is 29.0 Å². The summed E-state index contributed by atoms with van der Waals surface area (Å²) >= 11 is 0. The third-order valence-corrected chi connectivity index (χ3v) is 9.51. The third kappa shape index (κ3) is 7.65. The number of carbonyl (C=O) groups is 2. The summed E-state index contributed by atoms with van der Waals surface area (Å²) in [5.41, 5.74) is 0.386. The SMILES string of the molecule is CC1CC(=O)N(Cc2cc(F)c(C(=O)NC3CCN(C4CCOCC4)CC3)cc2Oc2cc(F)c(-c3ccc(C(C)C)nn3)c(F)c2)C1. The number of ether oxygens (including phenoxy) is 2. The Bertz CT molecular complexity index is 1620. The van der Waals surface area contributed by atoms with E-state index >= 15 is 13.2 Å². The van der Waals surface area contributed by atoms with Crippen LogP contribution in [-0.2, 0) is 16.1 Å². The quantitative estimate of drug-likeness (QED) is 0.290. The number of aromatic nitrogens is 2. The number of nitrogens with one attached hydrogen (secondary N) is 1. The van der Waals surface area contributed by atoms with Gasteiger partial charge in [-0.05, 0) is 61.8 Å². The van der Waals surface area contributed by atoms with Gasteiger partial charge in [-0.3, -0.25) is 9.59 Å². The molecule has 1 N–H and O–H groups in total. The molecule has 6 rings (SSSR count). The molecule has 3 fully saturated rings. The van der Waals surface area contributed by atoms with Gasteiger partial charge in [-0.1, -0.05) is 20.8 Å². The van der Waals surface area contributed by atoms with Crippen molar-refractivity contribution in [1.29, 1.82) is 0 Å². The van der Waals surface area contributed by atoms with E-state index in [2.05, 4.69) is 20.4 Å². The second-order valence-electron chi connectivity index (χ2n) is 13.5. The van der Waals surface area contributed by atoms with Crippen LogP contribution in [0.5, 0.6) is 11.5 Å². The van der Waals surface area contributed by atoms with Gasteiger partial charge in [-0.15, -0.1) is 0 Å². The number of nitrogens with zero attached hydrogens (tertiary/aromatic N) is 4. The van der Waals surface area contributed by atoms with E-state index in [0.717, 1.165) is 64.1 Å². The number of carbonyl (C=O) groups excluding carboxylic acids is 2. The molecule has 4 heterocycles. The highest BCUT2D eigenvalue weighted by Gasteiger charge is 2.30. The summed E-state index contributed by atoms with van der Waals surface area (Å²) < 4.78 is 57.8. The van der Waals surface area contributed by atoms with Gasteiger partial charge < -0.3 is 24.6 Å². The van der Waals surface area contributed by atoms with Crippen LogP contribution in [0.1, 0.15) is 80.4 Å². The van der Waals surface area contributed by atoms with E-state index in [9.17, 15) is 9.59 Å². The topological polar surface area (TPSA) is 96.9 Å². The lowest BCUT2D eigenvalue weighted by Gasteiger charge is -2.39. The molecule has 2 amide bonds. The number of rotatable bonds is 9. The van der Waals surface area contributed by atoms with Crippen molar-refractivity contribution in [2.24, 2.45) is 5.92 Å². The van der Waals surface area contributed by atoms with Gasteiger partial charge in [0.05, 0.1) is 22.5 Å². The van der Waals surface area contributed by atoms with Crippen LogP contribution in [0.25, 0.3) is 11.3 Å². The van der Waals surface area contributed by atoms with Crippen LogP contribution < -0.4 is 10.1 Å². The van der Waals surface area contributed by atoms with Crippen molar-refractivity contribution in [3.05, 3.63) is 70.7 Å². The molecule has 3 aromatic rings. The van der Waals surface area contributed by atoms with Crippen LogP contribution in [-0.4, -0.2) is 76.7 Å². The van der Waals surface area contributed by atoms with Gasteiger partial charge in [0.25, 0.3) is 5.91 Å². The molecule has 9 nitrogen and oxygen atoms in total. The Hall–Kier alpha value is -4.03. The number of hydrogen-bond acceptors (Lipinski definition) is 7. The fraction of sp³-hybridized carbons (Fsp3) is 0.500.